The zero-order valence-electron chi connectivity index (χ0n) is 11.5. The molecule has 104 valence electrons. The highest BCUT2D eigenvalue weighted by Crippen LogP contribution is 2.20. The SMILES string of the molecule is CC1CN(C(=O)Cn2cnccc2=O)CC(C)(C)O1. The van der Waals surface area contributed by atoms with Gasteiger partial charge in [-0.25, -0.2) is 4.98 Å². The maximum atomic E-state index is 12.2. The van der Waals surface area contributed by atoms with E-state index in [2.05, 4.69) is 4.98 Å². The number of rotatable bonds is 2. The molecule has 0 aliphatic carbocycles. The quantitative estimate of drug-likeness (QED) is 0.770. The highest BCUT2D eigenvalue weighted by Gasteiger charge is 2.33. The molecule has 1 aromatic rings. The topological polar surface area (TPSA) is 64.4 Å². The maximum absolute atomic E-state index is 12.2. The second kappa shape index (κ2) is 5.13. The Morgan fingerprint density at radius 1 is 1.58 bits per heavy atom. The summed E-state index contributed by atoms with van der Waals surface area (Å²) in [6, 6.07) is 1.35. The fourth-order valence-electron chi connectivity index (χ4n) is 2.39. The second-order valence-corrected chi connectivity index (χ2v) is 5.51. The van der Waals surface area contributed by atoms with Crippen molar-refractivity contribution >= 4 is 5.91 Å². The molecule has 1 saturated heterocycles. The number of ether oxygens (including phenoxy) is 1. The van der Waals surface area contributed by atoms with Gasteiger partial charge in [0, 0.05) is 25.4 Å². The van der Waals surface area contributed by atoms with Crippen LogP contribution in [-0.2, 0) is 16.1 Å². The minimum absolute atomic E-state index is 0.00156. The van der Waals surface area contributed by atoms with Crippen LogP contribution in [0.5, 0.6) is 0 Å². The van der Waals surface area contributed by atoms with Crippen molar-refractivity contribution < 1.29 is 9.53 Å². The first-order valence-corrected chi connectivity index (χ1v) is 6.33. The molecule has 0 aromatic carbocycles. The molecule has 19 heavy (non-hydrogen) atoms. The number of carbonyl (C=O) groups excluding carboxylic acids is 1. The largest absolute Gasteiger partial charge is 0.369 e. The van der Waals surface area contributed by atoms with Crippen molar-refractivity contribution in [3.8, 4) is 0 Å². The van der Waals surface area contributed by atoms with Crippen molar-refractivity contribution in [2.75, 3.05) is 13.1 Å². The zero-order valence-corrected chi connectivity index (χ0v) is 11.5. The first-order valence-electron chi connectivity index (χ1n) is 6.33. The molecule has 0 spiro atoms. The van der Waals surface area contributed by atoms with E-state index in [4.69, 9.17) is 4.74 Å². The van der Waals surface area contributed by atoms with Crippen LogP contribution in [0.25, 0.3) is 0 Å². The van der Waals surface area contributed by atoms with Crippen molar-refractivity contribution in [3.63, 3.8) is 0 Å². The van der Waals surface area contributed by atoms with E-state index in [1.54, 1.807) is 4.90 Å². The van der Waals surface area contributed by atoms with Gasteiger partial charge in [0.25, 0.3) is 5.56 Å². The predicted octanol–water partition coefficient (Wildman–Crippen LogP) is 0.269. The highest BCUT2D eigenvalue weighted by atomic mass is 16.5. The maximum Gasteiger partial charge on any atom is 0.253 e. The Morgan fingerprint density at radius 2 is 2.32 bits per heavy atom. The summed E-state index contributed by atoms with van der Waals surface area (Å²) in [5.74, 6) is -0.0849. The average Bonchev–Trinajstić information content (AvgIpc) is 2.29. The number of carbonyl (C=O) groups is 1. The standard InChI is InChI=1S/C13H19N3O3/c1-10-6-15(8-13(2,3)19-10)12(18)7-16-9-14-5-4-11(16)17/h4-5,9-10H,6-8H2,1-3H3. The van der Waals surface area contributed by atoms with E-state index in [-0.39, 0.29) is 29.7 Å². The van der Waals surface area contributed by atoms with Gasteiger partial charge in [-0.05, 0) is 20.8 Å². The molecule has 1 atom stereocenters. The summed E-state index contributed by atoms with van der Waals surface area (Å²) in [6.45, 7) is 6.97. The van der Waals surface area contributed by atoms with Crippen LogP contribution in [0.1, 0.15) is 20.8 Å². The molecular weight excluding hydrogens is 246 g/mol. The lowest BCUT2D eigenvalue weighted by Gasteiger charge is -2.41. The first kappa shape index (κ1) is 13.7. The van der Waals surface area contributed by atoms with E-state index in [1.165, 1.54) is 23.2 Å². The second-order valence-electron chi connectivity index (χ2n) is 5.51. The highest BCUT2D eigenvalue weighted by molar-refractivity contribution is 5.76. The molecule has 1 fully saturated rings. The molecule has 2 rings (SSSR count). The number of nitrogens with zero attached hydrogens (tertiary/aromatic N) is 3. The Labute approximate surface area is 112 Å². The zero-order chi connectivity index (χ0) is 14.0. The molecule has 0 saturated carbocycles. The number of hydrogen-bond donors (Lipinski definition) is 0. The Kier molecular flexibility index (Phi) is 3.71. The van der Waals surface area contributed by atoms with Crippen LogP contribution in [0.2, 0.25) is 0 Å². The van der Waals surface area contributed by atoms with Gasteiger partial charge in [-0.15, -0.1) is 0 Å². The van der Waals surface area contributed by atoms with Crippen molar-refractivity contribution in [2.24, 2.45) is 0 Å². The van der Waals surface area contributed by atoms with Gasteiger partial charge in [-0.2, -0.15) is 0 Å². The number of morpholine rings is 1. The van der Waals surface area contributed by atoms with Crippen LogP contribution in [0, 0.1) is 0 Å². The summed E-state index contributed by atoms with van der Waals surface area (Å²) in [5, 5.41) is 0. The average molecular weight is 265 g/mol. The van der Waals surface area contributed by atoms with Gasteiger partial charge in [0.15, 0.2) is 0 Å². The van der Waals surface area contributed by atoms with Gasteiger partial charge in [-0.3, -0.25) is 14.2 Å². The molecule has 2 heterocycles. The summed E-state index contributed by atoms with van der Waals surface area (Å²) < 4.78 is 7.07. The van der Waals surface area contributed by atoms with Gasteiger partial charge < -0.3 is 9.64 Å². The van der Waals surface area contributed by atoms with Crippen LogP contribution in [-0.4, -0.2) is 45.2 Å². The summed E-state index contributed by atoms with van der Waals surface area (Å²) >= 11 is 0. The fraction of sp³-hybridized carbons (Fsp3) is 0.615. The Balaban J connectivity index is 2.08. The van der Waals surface area contributed by atoms with Crippen molar-refractivity contribution in [1.82, 2.24) is 14.5 Å². The minimum atomic E-state index is -0.354. The van der Waals surface area contributed by atoms with Gasteiger partial charge in [0.05, 0.1) is 18.0 Å². The molecule has 0 radical (unpaired) electrons. The molecule has 1 amide bonds. The van der Waals surface area contributed by atoms with Crippen LogP contribution in [0.4, 0.5) is 0 Å². The third kappa shape index (κ3) is 3.41. The van der Waals surface area contributed by atoms with E-state index in [1.807, 2.05) is 20.8 Å². The van der Waals surface area contributed by atoms with Gasteiger partial charge >= 0.3 is 0 Å². The molecular formula is C13H19N3O3. The van der Waals surface area contributed by atoms with Gasteiger partial charge in [-0.1, -0.05) is 0 Å². The lowest BCUT2D eigenvalue weighted by Crippen LogP contribution is -2.54. The first-order chi connectivity index (χ1) is 8.87. The normalized spacial score (nSPS) is 22.3. The van der Waals surface area contributed by atoms with E-state index in [9.17, 15) is 9.59 Å². The molecule has 0 N–H and O–H groups in total. The van der Waals surface area contributed by atoms with E-state index >= 15 is 0 Å². The molecule has 1 aliphatic rings. The van der Waals surface area contributed by atoms with E-state index in [0.717, 1.165) is 0 Å². The summed E-state index contributed by atoms with van der Waals surface area (Å²) in [4.78, 5) is 29.4. The van der Waals surface area contributed by atoms with E-state index in [0.29, 0.717) is 13.1 Å². The predicted molar refractivity (Wildman–Crippen MR) is 69.7 cm³/mol. The summed E-state index contributed by atoms with van der Waals surface area (Å²) in [7, 11) is 0. The third-order valence-corrected chi connectivity index (χ3v) is 3.02. The van der Waals surface area contributed by atoms with E-state index < -0.39 is 0 Å². The molecule has 1 aromatic heterocycles. The number of aromatic nitrogens is 2. The van der Waals surface area contributed by atoms with Crippen LogP contribution in [0.15, 0.2) is 23.4 Å². The Morgan fingerprint density at radius 3 is 2.95 bits per heavy atom. The van der Waals surface area contributed by atoms with Gasteiger partial charge in [0.1, 0.15) is 6.54 Å². The van der Waals surface area contributed by atoms with Crippen LogP contribution >= 0.6 is 0 Å². The summed E-state index contributed by atoms with van der Waals surface area (Å²) in [5.41, 5.74) is -0.573. The minimum Gasteiger partial charge on any atom is -0.369 e. The fourth-order valence-corrected chi connectivity index (χ4v) is 2.39. The number of amides is 1. The van der Waals surface area contributed by atoms with Crippen molar-refractivity contribution in [2.45, 2.75) is 39.0 Å². The van der Waals surface area contributed by atoms with Crippen LogP contribution in [0.3, 0.4) is 0 Å². The third-order valence-electron chi connectivity index (χ3n) is 3.02. The molecule has 0 bridgehead atoms. The lowest BCUT2D eigenvalue weighted by atomic mass is 10.1. The number of hydrogen-bond acceptors (Lipinski definition) is 4. The van der Waals surface area contributed by atoms with Crippen LogP contribution < -0.4 is 5.56 Å². The Hall–Kier alpha value is -1.69. The smallest absolute Gasteiger partial charge is 0.253 e. The summed E-state index contributed by atoms with van der Waals surface area (Å²) in [6.07, 6.45) is 2.80. The molecule has 1 aliphatic heterocycles. The Bertz CT molecular complexity index is 524. The molecule has 1 unspecified atom stereocenters. The van der Waals surface area contributed by atoms with Gasteiger partial charge in [0.2, 0.25) is 5.91 Å². The molecule has 6 heteroatoms. The monoisotopic (exact) mass is 265 g/mol. The van der Waals surface area contributed by atoms with Crippen molar-refractivity contribution in [1.29, 1.82) is 0 Å². The van der Waals surface area contributed by atoms with Crippen molar-refractivity contribution in [3.05, 3.63) is 28.9 Å². The lowest BCUT2D eigenvalue weighted by molar-refractivity contribution is -0.158. The molecule has 6 nitrogen and oxygen atoms in total.